The van der Waals surface area contributed by atoms with Crippen LogP contribution in [-0.4, -0.2) is 5.78 Å². The van der Waals surface area contributed by atoms with Crippen LogP contribution >= 0.6 is 0 Å². The summed E-state index contributed by atoms with van der Waals surface area (Å²) in [5.41, 5.74) is 0.0941. The molecule has 0 N–H and O–H groups in total. The second kappa shape index (κ2) is 4.12. The van der Waals surface area contributed by atoms with Gasteiger partial charge in [0.05, 0.1) is 0 Å². The van der Waals surface area contributed by atoms with Gasteiger partial charge in [-0.25, -0.2) is 0 Å². The maximum atomic E-state index is 10.9. The number of rotatable bonds is 3. The molecule has 0 saturated heterocycles. The van der Waals surface area contributed by atoms with Gasteiger partial charge < -0.3 is 0 Å². The van der Waals surface area contributed by atoms with E-state index < -0.39 is 0 Å². The second-order valence-corrected chi connectivity index (χ2v) is 3.66. The van der Waals surface area contributed by atoms with E-state index in [4.69, 9.17) is 0 Å². The summed E-state index contributed by atoms with van der Waals surface area (Å²) in [4.78, 5) is 10.9. The van der Waals surface area contributed by atoms with Crippen molar-refractivity contribution in [3.63, 3.8) is 0 Å². The number of carbonyl (C=O) groups excluding carboxylic acids is 1. The summed E-state index contributed by atoms with van der Waals surface area (Å²) in [5, 5.41) is 0. The average molecular weight is 152 g/mol. The van der Waals surface area contributed by atoms with Crippen molar-refractivity contribution in [2.45, 2.75) is 27.2 Å². The van der Waals surface area contributed by atoms with E-state index in [1.807, 2.05) is 6.08 Å². The Balaban J connectivity index is 3.93. The first-order valence-electron chi connectivity index (χ1n) is 3.78. The van der Waals surface area contributed by atoms with E-state index in [2.05, 4.69) is 27.4 Å². The Morgan fingerprint density at radius 1 is 1.45 bits per heavy atom. The predicted molar refractivity (Wildman–Crippen MR) is 48.4 cm³/mol. The van der Waals surface area contributed by atoms with Crippen LogP contribution in [0.3, 0.4) is 0 Å². The van der Waals surface area contributed by atoms with Crippen molar-refractivity contribution in [2.24, 2.45) is 5.41 Å². The SMILES string of the molecule is C=CCC(=O)C=CC(C)(C)C. The van der Waals surface area contributed by atoms with Crippen LogP contribution in [0.15, 0.2) is 24.8 Å². The van der Waals surface area contributed by atoms with Crippen LogP contribution in [0.1, 0.15) is 27.2 Å². The molecule has 0 aromatic rings. The summed E-state index contributed by atoms with van der Waals surface area (Å²) in [6.45, 7) is 9.67. The second-order valence-electron chi connectivity index (χ2n) is 3.66. The topological polar surface area (TPSA) is 17.1 Å². The lowest BCUT2D eigenvalue weighted by molar-refractivity contribution is -0.113. The van der Waals surface area contributed by atoms with E-state index in [9.17, 15) is 4.79 Å². The largest absolute Gasteiger partial charge is 0.295 e. The molecule has 1 nitrogen and oxygen atoms in total. The van der Waals surface area contributed by atoms with Crippen molar-refractivity contribution in [2.75, 3.05) is 0 Å². The van der Waals surface area contributed by atoms with Crippen molar-refractivity contribution >= 4 is 5.78 Å². The summed E-state index contributed by atoms with van der Waals surface area (Å²) in [7, 11) is 0. The van der Waals surface area contributed by atoms with Crippen LogP contribution in [0, 0.1) is 5.41 Å². The lowest BCUT2D eigenvalue weighted by atomic mass is 9.96. The van der Waals surface area contributed by atoms with Gasteiger partial charge in [-0.05, 0) is 11.5 Å². The van der Waals surface area contributed by atoms with E-state index in [1.165, 1.54) is 0 Å². The molecule has 0 aromatic heterocycles. The Morgan fingerprint density at radius 3 is 2.36 bits per heavy atom. The maximum Gasteiger partial charge on any atom is 0.159 e. The maximum absolute atomic E-state index is 10.9. The Hall–Kier alpha value is -0.850. The molecule has 0 bridgehead atoms. The molecule has 0 saturated carbocycles. The van der Waals surface area contributed by atoms with Gasteiger partial charge in [-0.15, -0.1) is 6.58 Å². The fourth-order valence-electron chi connectivity index (χ4n) is 0.553. The van der Waals surface area contributed by atoms with Gasteiger partial charge in [0.2, 0.25) is 0 Å². The van der Waals surface area contributed by atoms with Gasteiger partial charge in [0.1, 0.15) is 0 Å². The summed E-state index contributed by atoms with van der Waals surface area (Å²) >= 11 is 0. The molecule has 0 atom stereocenters. The molecule has 0 spiro atoms. The molecule has 0 amide bonds. The van der Waals surface area contributed by atoms with Crippen molar-refractivity contribution in [3.8, 4) is 0 Å². The number of allylic oxidation sites excluding steroid dienone is 3. The molecule has 0 heterocycles. The number of hydrogen-bond donors (Lipinski definition) is 0. The van der Waals surface area contributed by atoms with Crippen molar-refractivity contribution in [3.05, 3.63) is 24.8 Å². The molecule has 0 aliphatic heterocycles. The normalized spacial score (nSPS) is 11.9. The zero-order valence-electron chi connectivity index (χ0n) is 7.55. The summed E-state index contributed by atoms with van der Waals surface area (Å²) < 4.78 is 0. The summed E-state index contributed by atoms with van der Waals surface area (Å²) in [5.74, 6) is 0.120. The Bertz CT molecular complexity index is 170. The van der Waals surface area contributed by atoms with E-state index in [0.717, 1.165) is 0 Å². The number of ketones is 1. The van der Waals surface area contributed by atoms with Crippen LogP contribution in [-0.2, 0) is 4.79 Å². The third-order valence-corrected chi connectivity index (χ3v) is 1.11. The Kier molecular flexibility index (Phi) is 3.80. The molecule has 0 radical (unpaired) electrons. The lowest BCUT2D eigenvalue weighted by Crippen LogP contribution is -2.00. The monoisotopic (exact) mass is 152 g/mol. The van der Waals surface area contributed by atoms with Gasteiger partial charge in [-0.3, -0.25) is 4.79 Å². The molecule has 0 fully saturated rings. The number of hydrogen-bond acceptors (Lipinski definition) is 1. The first-order valence-corrected chi connectivity index (χ1v) is 3.78. The highest BCUT2D eigenvalue weighted by atomic mass is 16.1. The summed E-state index contributed by atoms with van der Waals surface area (Å²) in [6.07, 6.45) is 5.60. The van der Waals surface area contributed by atoms with Gasteiger partial charge in [0.25, 0.3) is 0 Å². The van der Waals surface area contributed by atoms with Gasteiger partial charge >= 0.3 is 0 Å². The lowest BCUT2D eigenvalue weighted by Gasteiger charge is -2.10. The van der Waals surface area contributed by atoms with Gasteiger partial charge in [0.15, 0.2) is 5.78 Å². The fraction of sp³-hybridized carbons (Fsp3) is 0.500. The third kappa shape index (κ3) is 7.04. The molecule has 11 heavy (non-hydrogen) atoms. The molecule has 1 heteroatoms. The quantitative estimate of drug-likeness (QED) is 0.449. The fourth-order valence-corrected chi connectivity index (χ4v) is 0.553. The zero-order chi connectivity index (χ0) is 8.91. The van der Waals surface area contributed by atoms with Crippen LogP contribution in [0.25, 0.3) is 0 Å². The highest BCUT2D eigenvalue weighted by molar-refractivity contribution is 5.90. The van der Waals surface area contributed by atoms with Crippen LogP contribution < -0.4 is 0 Å². The molecular weight excluding hydrogens is 136 g/mol. The van der Waals surface area contributed by atoms with Crippen molar-refractivity contribution < 1.29 is 4.79 Å². The Morgan fingerprint density at radius 2 is 2.00 bits per heavy atom. The molecule has 0 aliphatic rings. The minimum atomic E-state index is 0.0941. The summed E-state index contributed by atoms with van der Waals surface area (Å²) in [6, 6.07) is 0. The Labute approximate surface area is 68.8 Å². The standard InChI is InChI=1S/C10H16O/c1-5-6-9(11)7-8-10(2,3)4/h5,7-8H,1,6H2,2-4H3. The molecule has 0 aromatic carbocycles. The minimum absolute atomic E-state index is 0.0941. The van der Waals surface area contributed by atoms with Gasteiger partial charge in [-0.1, -0.05) is 32.9 Å². The van der Waals surface area contributed by atoms with E-state index in [-0.39, 0.29) is 11.2 Å². The first kappa shape index (κ1) is 10.2. The highest BCUT2D eigenvalue weighted by Crippen LogP contribution is 2.14. The number of carbonyl (C=O) groups is 1. The van der Waals surface area contributed by atoms with Crippen molar-refractivity contribution in [1.29, 1.82) is 0 Å². The van der Waals surface area contributed by atoms with E-state index in [1.54, 1.807) is 12.2 Å². The minimum Gasteiger partial charge on any atom is -0.295 e. The molecular formula is C10H16O. The van der Waals surface area contributed by atoms with Crippen molar-refractivity contribution in [1.82, 2.24) is 0 Å². The average Bonchev–Trinajstić information content (AvgIpc) is 1.83. The highest BCUT2D eigenvalue weighted by Gasteiger charge is 2.04. The smallest absolute Gasteiger partial charge is 0.159 e. The predicted octanol–water partition coefficient (Wildman–Crippen LogP) is 2.73. The first-order chi connectivity index (χ1) is 4.95. The van der Waals surface area contributed by atoms with Crippen LogP contribution in [0.5, 0.6) is 0 Å². The molecule has 0 aliphatic carbocycles. The van der Waals surface area contributed by atoms with Crippen LogP contribution in [0.4, 0.5) is 0 Å². The van der Waals surface area contributed by atoms with E-state index in [0.29, 0.717) is 6.42 Å². The molecule has 62 valence electrons. The van der Waals surface area contributed by atoms with Gasteiger partial charge in [0, 0.05) is 6.42 Å². The van der Waals surface area contributed by atoms with Gasteiger partial charge in [-0.2, -0.15) is 0 Å². The van der Waals surface area contributed by atoms with E-state index >= 15 is 0 Å². The molecule has 0 rings (SSSR count). The third-order valence-electron chi connectivity index (χ3n) is 1.11. The molecule has 0 unspecified atom stereocenters. The zero-order valence-corrected chi connectivity index (χ0v) is 7.55. The van der Waals surface area contributed by atoms with Crippen LogP contribution in [0.2, 0.25) is 0 Å².